The molecule has 0 radical (unpaired) electrons. The van der Waals surface area contributed by atoms with Crippen molar-refractivity contribution in [3.63, 3.8) is 0 Å². The third-order valence-corrected chi connectivity index (χ3v) is 2.79. The zero-order valence-corrected chi connectivity index (χ0v) is 11.3. The average molecular weight is 327 g/mol. The first-order chi connectivity index (χ1) is 10.8. The summed E-state index contributed by atoms with van der Waals surface area (Å²) >= 11 is 0. The lowest BCUT2D eigenvalue weighted by Crippen LogP contribution is -2.06. The Bertz CT molecular complexity index is 743. The quantitative estimate of drug-likeness (QED) is 0.396. The number of rotatable bonds is 4. The van der Waals surface area contributed by atoms with E-state index in [0.29, 0.717) is 17.7 Å². The van der Waals surface area contributed by atoms with Gasteiger partial charge in [-0.15, -0.1) is 0 Å². The summed E-state index contributed by atoms with van der Waals surface area (Å²) in [7, 11) is 0. The molecule has 0 amide bonds. The van der Waals surface area contributed by atoms with Gasteiger partial charge in [0.15, 0.2) is 0 Å². The van der Waals surface area contributed by atoms with E-state index in [1.54, 1.807) is 0 Å². The van der Waals surface area contributed by atoms with Crippen LogP contribution in [0.4, 0.5) is 28.9 Å². The molecular formula is C14H9F4N3O2. The average Bonchev–Trinajstić information content (AvgIpc) is 2.48. The molecule has 0 aromatic heterocycles. The second kappa shape index (κ2) is 6.42. The fourth-order valence-corrected chi connectivity index (χ4v) is 1.68. The Hall–Kier alpha value is -2.97. The van der Waals surface area contributed by atoms with E-state index in [1.165, 1.54) is 30.5 Å². The van der Waals surface area contributed by atoms with Gasteiger partial charge in [-0.3, -0.25) is 15.5 Å². The van der Waals surface area contributed by atoms with E-state index in [2.05, 4.69) is 10.5 Å². The molecular weight excluding hydrogens is 318 g/mol. The van der Waals surface area contributed by atoms with Crippen LogP contribution in [-0.2, 0) is 6.18 Å². The second-order valence-electron chi connectivity index (χ2n) is 4.41. The summed E-state index contributed by atoms with van der Waals surface area (Å²) in [5.74, 6) is -0.437. The molecule has 0 saturated heterocycles. The Morgan fingerprint density at radius 3 is 2.35 bits per heavy atom. The molecule has 2 aromatic rings. The lowest BCUT2D eigenvalue weighted by molar-refractivity contribution is -0.384. The maximum atomic E-state index is 12.7. The van der Waals surface area contributed by atoms with Crippen molar-refractivity contribution in [2.75, 3.05) is 5.43 Å². The zero-order valence-electron chi connectivity index (χ0n) is 11.3. The first-order valence-electron chi connectivity index (χ1n) is 6.17. The van der Waals surface area contributed by atoms with Crippen molar-refractivity contribution in [3.05, 3.63) is 69.5 Å². The van der Waals surface area contributed by atoms with Crippen molar-refractivity contribution >= 4 is 17.6 Å². The van der Waals surface area contributed by atoms with Crippen LogP contribution in [0.1, 0.15) is 11.1 Å². The molecule has 0 unspecified atom stereocenters. The smallest absolute Gasteiger partial charge is 0.272 e. The first-order valence-corrected chi connectivity index (χ1v) is 6.17. The van der Waals surface area contributed by atoms with Gasteiger partial charge < -0.3 is 0 Å². The largest absolute Gasteiger partial charge is 0.416 e. The van der Waals surface area contributed by atoms with Gasteiger partial charge in [0.25, 0.3) is 5.69 Å². The van der Waals surface area contributed by atoms with E-state index in [4.69, 9.17) is 0 Å². The molecule has 9 heteroatoms. The summed E-state index contributed by atoms with van der Waals surface area (Å²) in [5.41, 5.74) is 0.737. The number of anilines is 1. The van der Waals surface area contributed by atoms with E-state index in [9.17, 15) is 27.7 Å². The van der Waals surface area contributed by atoms with Crippen LogP contribution in [0.2, 0.25) is 0 Å². The summed E-state index contributed by atoms with van der Waals surface area (Å²) in [6.45, 7) is 0. The summed E-state index contributed by atoms with van der Waals surface area (Å²) in [5, 5.41) is 14.6. The monoisotopic (exact) mass is 327 g/mol. The molecule has 0 heterocycles. The molecule has 0 fully saturated rings. The number of nitro benzene ring substituents is 1. The van der Waals surface area contributed by atoms with E-state index < -0.39 is 28.2 Å². The van der Waals surface area contributed by atoms with Gasteiger partial charge in [-0.25, -0.2) is 4.39 Å². The Morgan fingerprint density at radius 2 is 1.78 bits per heavy atom. The Labute approximate surface area is 127 Å². The summed E-state index contributed by atoms with van der Waals surface area (Å²) in [4.78, 5) is 9.94. The van der Waals surface area contributed by atoms with Crippen LogP contribution in [0.15, 0.2) is 47.6 Å². The van der Waals surface area contributed by atoms with Crippen LogP contribution >= 0.6 is 0 Å². The molecule has 0 bridgehead atoms. The minimum absolute atomic E-state index is 0.193. The van der Waals surface area contributed by atoms with Gasteiger partial charge in [0.1, 0.15) is 11.5 Å². The number of hydrogen-bond donors (Lipinski definition) is 1. The minimum atomic E-state index is -4.68. The zero-order chi connectivity index (χ0) is 17.0. The topological polar surface area (TPSA) is 67.5 Å². The Balaban J connectivity index is 2.22. The number of nitrogens with one attached hydrogen (secondary N) is 1. The highest BCUT2D eigenvalue weighted by Gasteiger charge is 2.33. The van der Waals surface area contributed by atoms with Gasteiger partial charge >= 0.3 is 6.18 Å². The number of halogens is 4. The van der Waals surface area contributed by atoms with Crippen molar-refractivity contribution < 1.29 is 22.5 Å². The standard InChI is InChI=1S/C14H9F4N3O2/c15-11-4-1-9(2-5-11)8-19-20-12-6-3-10(14(16,17)18)7-13(12)21(22)23/h1-8,20H/b19-8+. The normalized spacial score (nSPS) is 11.7. The summed E-state index contributed by atoms with van der Waals surface area (Å²) < 4.78 is 50.4. The van der Waals surface area contributed by atoms with Crippen molar-refractivity contribution in [3.8, 4) is 0 Å². The highest BCUT2D eigenvalue weighted by Crippen LogP contribution is 2.34. The van der Waals surface area contributed by atoms with Crippen LogP contribution < -0.4 is 5.43 Å². The van der Waals surface area contributed by atoms with Crippen LogP contribution in [0.3, 0.4) is 0 Å². The molecule has 1 N–H and O–H groups in total. The summed E-state index contributed by atoms with van der Waals surface area (Å²) in [6, 6.07) is 7.29. The Morgan fingerprint density at radius 1 is 1.13 bits per heavy atom. The molecule has 0 spiro atoms. The lowest BCUT2D eigenvalue weighted by Gasteiger charge is -2.08. The van der Waals surface area contributed by atoms with Crippen LogP contribution in [0.25, 0.3) is 0 Å². The Kier molecular flexibility index (Phi) is 4.58. The molecule has 0 saturated carbocycles. The molecule has 0 aliphatic carbocycles. The molecule has 0 aliphatic rings. The number of alkyl halides is 3. The van der Waals surface area contributed by atoms with Crippen LogP contribution in [0.5, 0.6) is 0 Å². The van der Waals surface area contributed by atoms with Crippen molar-refractivity contribution in [2.24, 2.45) is 5.10 Å². The maximum Gasteiger partial charge on any atom is 0.416 e. The van der Waals surface area contributed by atoms with Crippen molar-refractivity contribution in [2.45, 2.75) is 6.18 Å². The van der Waals surface area contributed by atoms with Gasteiger partial charge in [-0.2, -0.15) is 18.3 Å². The van der Waals surface area contributed by atoms with Gasteiger partial charge in [-0.1, -0.05) is 12.1 Å². The predicted molar refractivity (Wildman–Crippen MR) is 75.7 cm³/mol. The predicted octanol–water partition coefficient (Wildman–Crippen LogP) is 4.20. The van der Waals surface area contributed by atoms with E-state index in [-0.39, 0.29) is 5.69 Å². The van der Waals surface area contributed by atoms with Crippen molar-refractivity contribution in [1.29, 1.82) is 0 Å². The SMILES string of the molecule is O=[N+]([O-])c1cc(C(F)(F)F)ccc1N/N=C/c1ccc(F)cc1. The highest BCUT2D eigenvalue weighted by atomic mass is 19.4. The number of nitrogens with zero attached hydrogens (tertiary/aromatic N) is 2. The van der Waals surface area contributed by atoms with Gasteiger partial charge in [0.2, 0.25) is 0 Å². The lowest BCUT2D eigenvalue weighted by atomic mass is 10.1. The van der Waals surface area contributed by atoms with Gasteiger partial charge in [-0.05, 0) is 29.8 Å². The number of nitro groups is 1. The molecule has 23 heavy (non-hydrogen) atoms. The second-order valence-corrected chi connectivity index (χ2v) is 4.41. The van der Waals surface area contributed by atoms with Crippen LogP contribution in [-0.4, -0.2) is 11.1 Å². The molecule has 2 rings (SSSR count). The fourth-order valence-electron chi connectivity index (χ4n) is 1.68. The fraction of sp³-hybridized carbons (Fsp3) is 0.0714. The number of hydrogen-bond acceptors (Lipinski definition) is 4. The first kappa shape index (κ1) is 16.4. The van der Waals surface area contributed by atoms with Crippen LogP contribution in [0, 0.1) is 15.9 Å². The summed E-state index contributed by atoms with van der Waals surface area (Å²) in [6.07, 6.45) is -3.43. The van der Waals surface area contributed by atoms with E-state index in [0.717, 1.165) is 6.07 Å². The highest BCUT2D eigenvalue weighted by molar-refractivity contribution is 5.80. The number of benzene rings is 2. The third kappa shape index (κ3) is 4.25. The third-order valence-electron chi connectivity index (χ3n) is 2.79. The minimum Gasteiger partial charge on any atom is -0.272 e. The van der Waals surface area contributed by atoms with E-state index in [1.807, 2.05) is 0 Å². The molecule has 0 aliphatic heterocycles. The van der Waals surface area contributed by atoms with E-state index >= 15 is 0 Å². The van der Waals surface area contributed by atoms with Gasteiger partial charge in [0, 0.05) is 6.07 Å². The maximum absolute atomic E-state index is 12.7. The van der Waals surface area contributed by atoms with Crippen molar-refractivity contribution in [1.82, 2.24) is 0 Å². The molecule has 5 nitrogen and oxygen atoms in total. The van der Waals surface area contributed by atoms with Gasteiger partial charge in [0.05, 0.1) is 16.7 Å². The molecule has 2 aromatic carbocycles. The molecule has 120 valence electrons. The number of hydrazone groups is 1. The molecule has 0 atom stereocenters.